The topological polar surface area (TPSA) is 87.8 Å². The fourth-order valence-electron chi connectivity index (χ4n) is 1.70. The molecule has 0 spiro atoms. The summed E-state index contributed by atoms with van der Waals surface area (Å²) in [6.07, 6.45) is 3.11. The van der Waals surface area contributed by atoms with E-state index in [-0.39, 0.29) is 16.5 Å². The minimum Gasteiger partial charge on any atom is -0.481 e. The molecule has 0 bridgehead atoms. The molecule has 0 aliphatic rings. The highest BCUT2D eigenvalue weighted by Crippen LogP contribution is 2.06. The molecule has 0 unspecified atom stereocenters. The molecule has 0 atom stereocenters. The summed E-state index contributed by atoms with van der Waals surface area (Å²) in [6.45, 7) is 3.52. The number of nitrogens with one attached hydrogen (secondary N) is 2. The van der Waals surface area contributed by atoms with Gasteiger partial charge in [0.25, 0.3) is 11.1 Å². The number of nitrogens with zero attached hydrogens (tertiary/aromatic N) is 1. The van der Waals surface area contributed by atoms with Gasteiger partial charge in [-0.3, -0.25) is 9.59 Å². The van der Waals surface area contributed by atoms with E-state index in [9.17, 15) is 9.59 Å². The average Bonchev–Trinajstić information content (AvgIpc) is 2.43. The van der Waals surface area contributed by atoms with E-state index in [0.29, 0.717) is 16.8 Å². The zero-order valence-corrected chi connectivity index (χ0v) is 11.5. The lowest BCUT2D eigenvalue weighted by Crippen LogP contribution is -2.47. The predicted molar refractivity (Wildman–Crippen MR) is 76.0 cm³/mol. The molecule has 2 heterocycles. The highest BCUT2D eigenvalue weighted by molar-refractivity contribution is 5.47. The van der Waals surface area contributed by atoms with Crippen LogP contribution in [0.25, 0.3) is 11.6 Å². The maximum atomic E-state index is 11.9. The standard InChI is InChI=1S/C14H15N3O3/c1-8(2)12-14(19)16-10(13(18)17-12)6-9-4-5-11(20-3)15-7-9/h4-7H,1-3H3,(H,16,19)(H,17,18)/b10-6+. The number of aromatic nitrogens is 3. The number of pyridine rings is 1. The Morgan fingerprint density at radius 1 is 1.20 bits per heavy atom. The first-order valence-corrected chi connectivity index (χ1v) is 6.03. The van der Waals surface area contributed by atoms with Crippen molar-refractivity contribution in [1.82, 2.24) is 15.0 Å². The van der Waals surface area contributed by atoms with E-state index in [1.165, 1.54) is 7.11 Å². The molecule has 6 nitrogen and oxygen atoms in total. The molecular formula is C14H15N3O3. The molecule has 2 N–H and O–H groups in total. The summed E-state index contributed by atoms with van der Waals surface area (Å²) in [5.74, 6) is 0.483. The average molecular weight is 273 g/mol. The zero-order valence-electron chi connectivity index (χ0n) is 11.5. The number of aromatic amines is 2. The van der Waals surface area contributed by atoms with Gasteiger partial charge >= 0.3 is 0 Å². The Bertz CT molecular complexity index is 841. The zero-order chi connectivity index (χ0) is 14.7. The molecule has 0 saturated heterocycles. The lowest BCUT2D eigenvalue weighted by atomic mass is 10.2. The molecule has 0 saturated carbocycles. The van der Waals surface area contributed by atoms with Gasteiger partial charge in [0, 0.05) is 12.3 Å². The van der Waals surface area contributed by atoms with E-state index in [0.717, 1.165) is 5.57 Å². The third-order valence-corrected chi connectivity index (χ3v) is 2.74. The molecule has 20 heavy (non-hydrogen) atoms. The fourth-order valence-corrected chi connectivity index (χ4v) is 1.70. The number of methoxy groups -OCH3 is 1. The fraction of sp³-hybridized carbons (Fsp3) is 0.214. The first kappa shape index (κ1) is 13.8. The summed E-state index contributed by atoms with van der Waals surface area (Å²) in [7, 11) is 1.52. The summed E-state index contributed by atoms with van der Waals surface area (Å²) in [5.41, 5.74) is 0.770. The van der Waals surface area contributed by atoms with Crippen LogP contribution in [0.3, 0.4) is 0 Å². The van der Waals surface area contributed by atoms with Crippen molar-refractivity contribution < 1.29 is 4.74 Å². The van der Waals surface area contributed by atoms with Crippen LogP contribution in [-0.2, 0) is 0 Å². The summed E-state index contributed by atoms with van der Waals surface area (Å²) in [6, 6.07) is 3.42. The maximum Gasteiger partial charge on any atom is 0.272 e. The number of rotatable bonds is 2. The van der Waals surface area contributed by atoms with Gasteiger partial charge in [0.1, 0.15) is 10.7 Å². The van der Waals surface area contributed by atoms with Crippen molar-refractivity contribution in [3.8, 4) is 5.88 Å². The quantitative estimate of drug-likeness (QED) is 0.771. The van der Waals surface area contributed by atoms with E-state index < -0.39 is 0 Å². The second-order valence-electron chi connectivity index (χ2n) is 4.48. The minimum atomic E-state index is -0.350. The van der Waals surface area contributed by atoms with E-state index >= 15 is 0 Å². The molecule has 6 heteroatoms. The molecule has 2 rings (SSSR count). The van der Waals surface area contributed by atoms with Crippen molar-refractivity contribution in [3.05, 3.63) is 55.3 Å². The van der Waals surface area contributed by atoms with Gasteiger partial charge in [-0.05, 0) is 37.1 Å². The molecule has 2 aromatic heterocycles. The van der Waals surface area contributed by atoms with Crippen LogP contribution in [-0.4, -0.2) is 22.1 Å². The van der Waals surface area contributed by atoms with E-state index in [4.69, 9.17) is 4.74 Å². The molecule has 0 radical (unpaired) electrons. The van der Waals surface area contributed by atoms with Gasteiger partial charge < -0.3 is 14.7 Å². The van der Waals surface area contributed by atoms with Crippen LogP contribution in [0.1, 0.15) is 19.4 Å². The van der Waals surface area contributed by atoms with Crippen LogP contribution < -0.4 is 26.6 Å². The van der Waals surface area contributed by atoms with Crippen LogP contribution >= 0.6 is 0 Å². The van der Waals surface area contributed by atoms with Gasteiger partial charge in [-0.2, -0.15) is 0 Å². The van der Waals surface area contributed by atoms with Crippen molar-refractivity contribution in [1.29, 1.82) is 0 Å². The van der Waals surface area contributed by atoms with Crippen LogP contribution in [0.4, 0.5) is 0 Å². The summed E-state index contributed by atoms with van der Waals surface area (Å²) in [5, 5.41) is 0.479. The third kappa shape index (κ3) is 2.85. The molecule has 0 fully saturated rings. The Kier molecular flexibility index (Phi) is 3.84. The predicted octanol–water partition coefficient (Wildman–Crippen LogP) is -0.514. The first-order chi connectivity index (χ1) is 9.51. The highest BCUT2D eigenvalue weighted by Gasteiger charge is 1.98. The molecule has 0 aromatic carbocycles. The molecule has 104 valence electrons. The van der Waals surface area contributed by atoms with E-state index in [1.54, 1.807) is 38.3 Å². The van der Waals surface area contributed by atoms with Crippen molar-refractivity contribution in [2.75, 3.05) is 7.11 Å². The normalized spacial score (nSPS) is 11.4. The number of H-pyrrole nitrogens is 2. The van der Waals surface area contributed by atoms with Gasteiger partial charge in [-0.25, -0.2) is 4.98 Å². The molecular weight excluding hydrogens is 258 g/mol. The van der Waals surface area contributed by atoms with Crippen LogP contribution in [0.5, 0.6) is 5.88 Å². The molecule has 0 amide bonds. The van der Waals surface area contributed by atoms with Crippen molar-refractivity contribution in [3.63, 3.8) is 0 Å². The van der Waals surface area contributed by atoms with Gasteiger partial charge in [-0.15, -0.1) is 0 Å². The summed E-state index contributed by atoms with van der Waals surface area (Å²) in [4.78, 5) is 32.9. The van der Waals surface area contributed by atoms with E-state index in [1.807, 2.05) is 0 Å². The van der Waals surface area contributed by atoms with Gasteiger partial charge in [0.05, 0.1) is 7.11 Å². The van der Waals surface area contributed by atoms with Crippen molar-refractivity contribution in [2.45, 2.75) is 13.8 Å². The smallest absolute Gasteiger partial charge is 0.272 e. The monoisotopic (exact) mass is 273 g/mol. The Hall–Kier alpha value is -2.63. The molecule has 2 aromatic rings. The first-order valence-electron chi connectivity index (χ1n) is 6.03. The minimum absolute atomic E-state index is 0.187. The third-order valence-electron chi connectivity index (χ3n) is 2.74. The Morgan fingerprint density at radius 2 is 1.95 bits per heavy atom. The number of hydrogen-bond donors (Lipinski definition) is 2. The van der Waals surface area contributed by atoms with Gasteiger partial charge in [-0.1, -0.05) is 0 Å². The number of ether oxygens (including phenoxy) is 1. The van der Waals surface area contributed by atoms with Gasteiger partial charge in [0.2, 0.25) is 5.88 Å². The van der Waals surface area contributed by atoms with Crippen LogP contribution in [0, 0.1) is 0 Å². The van der Waals surface area contributed by atoms with Gasteiger partial charge in [0.15, 0.2) is 0 Å². The Balaban J connectivity index is 2.61. The highest BCUT2D eigenvalue weighted by atomic mass is 16.5. The largest absolute Gasteiger partial charge is 0.481 e. The molecule has 0 aliphatic heterocycles. The maximum absolute atomic E-state index is 11.9. The number of hydrogen-bond acceptors (Lipinski definition) is 4. The molecule has 0 aliphatic carbocycles. The summed E-state index contributed by atoms with van der Waals surface area (Å²) < 4.78 is 4.95. The second-order valence-corrected chi connectivity index (χ2v) is 4.48. The lowest BCUT2D eigenvalue weighted by Gasteiger charge is -1.98. The van der Waals surface area contributed by atoms with Crippen molar-refractivity contribution >= 4 is 11.6 Å². The lowest BCUT2D eigenvalue weighted by molar-refractivity contribution is 0.398. The van der Waals surface area contributed by atoms with Crippen molar-refractivity contribution in [2.24, 2.45) is 0 Å². The summed E-state index contributed by atoms with van der Waals surface area (Å²) >= 11 is 0. The second kappa shape index (κ2) is 5.56. The van der Waals surface area contributed by atoms with Crippen LogP contribution in [0.15, 0.2) is 27.9 Å². The Morgan fingerprint density at radius 3 is 2.50 bits per heavy atom. The Labute approximate surface area is 114 Å². The van der Waals surface area contributed by atoms with Crippen LogP contribution in [0.2, 0.25) is 0 Å². The SMILES string of the molecule is COc1ccc(/C=c2/[nH]c(=O)c(=C(C)C)[nH]c2=O)cn1. The van der Waals surface area contributed by atoms with E-state index in [2.05, 4.69) is 15.0 Å².